The number of rotatable bonds is 9. The molecule has 0 saturated carbocycles. The van der Waals surface area contributed by atoms with Crippen LogP contribution in [0.15, 0.2) is 42.6 Å². The molecule has 1 heterocycles. The number of hydrogen-bond donors (Lipinski definition) is 3. The Hall–Kier alpha value is -2.64. The number of primary amides is 1. The molecule has 0 spiro atoms. The summed E-state index contributed by atoms with van der Waals surface area (Å²) in [4.78, 5) is 32.0. The molecule has 8 heteroatoms. The number of halogens is 1. The van der Waals surface area contributed by atoms with Crippen LogP contribution >= 0.6 is 11.6 Å². The minimum Gasteiger partial charge on any atom is -0.384 e. The van der Waals surface area contributed by atoms with Crippen molar-refractivity contribution < 1.29 is 9.59 Å². The summed E-state index contributed by atoms with van der Waals surface area (Å²) < 4.78 is 0. The SMILES string of the molecule is CC(C)C(C(N)=O)([C@H](Cc1cccc(Cl)c1)C(=O)NCc1ccc(N)nc1)N(C)C. The van der Waals surface area contributed by atoms with E-state index in [0.717, 1.165) is 11.1 Å². The van der Waals surface area contributed by atoms with Gasteiger partial charge in [0.25, 0.3) is 0 Å². The Morgan fingerprint density at radius 2 is 1.90 bits per heavy atom. The third-order valence-corrected chi connectivity index (χ3v) is 5.74. The molecular weight excluding hydrogens is 402 g/mol. The maximum Gasteiger partial charge on any atom is 0.239 e. The van der Waals surface area contributed by atoms with Crippen molar-refractivity contribution in [3.63, 3.8) is 0 Å². The third kappa shape index (κ3) is 5.09. The van der Waals surface area contributed by atoms with E-state index in [0.29, 0.717) is 17.3 Å². The average Bonchev–Trinajstić information content (AvgIpc) is 2.66. The Bertz CT molecular complexity index is 875. The topological polar surface area (TPSA) is 114 Å². The molecule has 5 N–H and O–H groups in total. The Morgan fingerprint density at radius 3 is 2.40 bits per heavy atom. The molecule has 2 rings (SSSR count). The number of pyridine rings is 1. The lowest BCUT2D eigenvalue weighted by Gasteiger charge is -2.45. The average molecular weight is 432 g/mol. The molecule has 1 aromatic carbocycles. The molecule has 2 aromatic rings. The fourth-order valence-electron chi connectivity index (χ4n) is 4.11. The van der Waals surface area contributed by atoms with Crippen LogP contribution in [-0.4, -0.2) is 41.3 Å². The quantitative estimate of drug-likeness (QED) is 0.563. The van der Waals surface area contributed by atoms with Gasteiger partial charge in [0.1, 0.15) is 11.4 Å². The zero-order chi connectivity index (χ0) is 22.5. The first-order chi connectivity index (χ1) is 14.1. The van der Waals surface area contributed by atoms with Gasteiger partial charge in [0.2, 0.25) is 11.8 Å². The molecule has 1 unspecified atom stereocenters. The molecule has 7 nitrogen and oxygen atoms in total. The maximum atomic E-state index is 13.4. The van der Waals surface area contributed by atoms with Crippen molar-refractivity contribution in [2.75, 3.05) is 19.8 Å². The molecule has 0 fully saturated rings. The number of nitrogens with one attached hydrogen (secondary N) is 1. The summed E-state index contributed by atoms with van der Waals surface area (Å²) in [6.07, 6.45) is 1.92. The number of nitrogen functional groups attached to an aromatic ring is 1. The van der Waals surface area contributed by atoms with Crippen molar-refractivity contribution in [2.45, 2.75) is 32.4 Å². The highest BCUT2D eigenvalue weighted by atomic mass is 35.5. The van der Waals surface area contributed by atoms with E-state index < -0.39 is 17.4 Å². The van der Waals surface area contributed by atoms with Gasteiger partial charge in [-0.25, -0.2) is 4.98 Å². The molecule has 1 aromatic heterocycles. The number of carbonyl (C=O) groups is 2. The molecule has 30 heavy (non-hydrogen) atoms. The molecule has 0 aliphatic heterocycles. The highest BCUT2D eigenvalue weighted by Crippen LogP contribution is 2.34. The van der Waals surface area contributed by atoms with Crippen LogP contribution in [0.1, 0.15) is 25.0 Å². The van der Waals surface area contributed by atoms with E-state index in [2.05, 4.69) is 10.3 Å². The first kappa shape index (κ1) is 23.6. The van der Waals surface area contributed by atoms with E-state index in [1.54, 1.807) is 49.5 Å². The lowest BCUT2D eigenvalue weighted by molar-refractivity contribution is -0.145. The second kappa shape index (κ2) is 9.91. The van der Waals surface area contributed by atoms with Gasteiger partial charge in [-0.3, -0.25) is 14.5 Å². The zero-order valence-corrected chi connectivity index (χ0v) is 18.6. The largest absolute Gasteiger partial charge is 0.384 e. The Balaban J connectivity index is 2.41. The van der Waals surface area contributed by atoms with E-state index in [9.17, 15) is 9.59 Å². The fraction of sp³-hybridized carbons (Fsp3) is 0.409. The molecule has 2 atom stereocenters. The molecule has 0 radical (unpaired) electrons. The Morgan fingerprint density at radius 1 is 1.20 bits per heavy atom. The van der Waals surface area contributed by atoms with Gasteiger partial charge in [0.15, 0.2) is 0 Å². The number of amides is 2. The van der Waals surface area contributed by atoms with Crippen LogP contribution in [0, 0.1) is 11.8 Å². The smallest absolute Gasteiger partial charge is 0.239 e. The highest BCUT2D eigenvalue weighted by Gasteiger charge is 2.52. The summed E-state index contributed by atoms with van der Waals surface area (Å²) in [7, 11) is 3.54. The van der Waals surface area contributed by atoms with Crippen molar-refractivity contribution in [3.05, 3.63) is 58.7 Å². The second-order valence-electron chi connectivity index (χ2n) is 7.93. The van der Waals surface area contributed by atoms with Gasteiger partial charge in [-0.2, -0.15) is 0 Å². The van der Waals surface area contributed by atoms with Crippen molar-refractivity contribution in [3.8, 4) is 0 Å². The highest BCUT2D eigenvalue weighted by molar-refractivity contribution is 6.30. The predicted octanol–water partition coefficient (Wildman–Crippen LogP) is 2.23. The standard InChI is InChI=1S/C22H30ClN5O2/c1-14(2)22(21(25)30,28(3)4)18(11-15-6-5-7-17(23)10-15)20(29)27-13-16-8-9-19(24)26-12-16/h5-10,12,14,18H,11,13H2,1-4H3,(H2,24,26)(H2,25,30)(H,27,29)/t18-,22?/m1/s1. The van der Waals surface area contributed by atoms with Crippen LogP contribution < -0.4 is 16.8 Å². The van der Waals surface area contributed by atoms with Gasteiger partial charge >= 0.3 is 0 Å². The van der Waals surface area contributed by atoms with Gasteiger partial charge < -0.3 is 16.8 Å². The normalized spacial score (nSPS) is 14.4. The molecule has 2 amide bonds. The van der Waals surface area contributed by atoms with Crippen molar-refractivity contribution in [1.82, 2.24) is 15.2 Å². The second-order valence-corrected chi connectivity index (χ2v) is 8.37. The number of nitrogens with two attached hydrogens (primary N) is 2. The number of carbonyl (C=O) groups excluding carboxylic acids is 2. The van der Waals surface area contributed by atoms with Crippen LogP contribution in [-0.2, 0) is 22.6 Å². The van der Waals surface area contributed by atoms with E-state index in [4.69, 9.17) is 23.1 Å². The summed E-state index contributed by atoms with van der Waals surface area (Å²) in [6, 6.07) is 10.7. The molecule has 0 aliphatic rings. The molecule has 0 saturated heterocycles. The number of aromatic nitrogens is 1. The first-order valence-electron chi connectivity index (χ1n) is 9.78. The summed E-state index contributed by atoms with van der Waals surface area (Å²) in [5.74, 6) is -1.35. The predicted molar refractivity (Wildman–Crippen MR) is 120 cm³/mol. The first-order valence-corrected chi connectivity index (χ1v) is 10.2. The third-order valence-electron chi connectivity index (χ3n) is 5.51. The number of anilines is 1. The van der Waals surface area contributed by atoms with E-state index in [1.165, 1.54) is 0 Å². The Labute approximate surface area is 182 Å². The molecule has 0 aliphatic carbocycles. The molecule has 0 bridgehead atoms. The van der Waals surface area contributed by atoms with Crippen LogP contribution in [0.2, 0.25) is 5.02 Å². The summed E-state index contributed by atoms with van der Waals surface area (Å²) in [5, 5.41) is 3.50. The van der Waals surface area contributed by atoms with Gasteiger partial charge in [0.05, 0.1) is 5.92 Å². The van der Waals surface area contributed by atoms with E-state index >= 15 is 0 Å². The minimum atomic E-state index is -1.19. The molecule has 162 valence electrons. The molecular formula is C22H30ClN5O2. The summed E-state index contributed by atoms with van der Waals surface area (Å²) in [5.41, 5.74) is 12.0. The van der Waals surface area contributed by atoms with Crippen LogP contribution in [0.5, 0.6) is 0 Å². The van der Waals surface area contributed by atoms with Gasteiger partial charge in [-0.15, -0.1) is 0 Å². The lowest BCUT2D eigenvalue weighted by Crippen LogP contribution is -2.66. The monoisotopic (exact) mass is 431 g/mol. The van der Waals surface area contributed by atoms with Crippen LogP contribution in [0.25, 0.3) is 0 Å². The zero-order valence-electron chi connectivity index (χ0n) is 17.9. The number of likely N-dealkylation sites (N-methyl/N-ethyl adjacent to an activating group) is 1. The Kier molecular flexibility index (Phi) is 7.81. The van der Waals surface area contributed by atoms with Gasteiger partial charge in [-0.1, -0.05) is 43.6 Å². The fourth-order valence-corrected chi connectivity index (χ4v) is 4.32. The van der Waals surface area contributed by atoms with Gasteiger partial charge in [0, 0.05) is 17.8 Å². The summed E-state index contributed by atoms with van der Waals surface area (Å²) >= 11 is 6.14. The van der Waals surface area contributed by atoms with Gasteiger partial charge in [-0.05, 0) is 55.8 Å². The van der Waals surface area contributed by atoms with Crippen molar-refractivity contribution in [1.29, 1.82) is 0 Å². The van der Waals surface area contributed by atoms with Crippen LogP contribution in [0.4, 0.5) is 5.82 Å². The number of nitrogens with zero attached hydrogens (tertiary/aromatic N) is 2. The minimum absolute atomic E-state index is 0.210. The lowest BCUT2D eigenvalue weighted by atomic mass is 9.70. The van der Waals surface area contributed by atoms with E-state index in [1.807, 2.05) is 26.0 Å². The maximum absolute atomic E-state index is 13.4. The van der Waals surface area contributed by atoms with Crippen LogP contribution in [0.3, 0.4) is 0 Å². The van der Waals surface area contributed by atoms with E-state index in [-0.39, 0.29) is 18.4 Å². The van der Waals surface area contributed by atoms with Crippen molar-refractivity contribution >= 4 is 29.2 Å². The summed E-state index contributed by atoms with van der Waals surface area (Å²) in [6.45, 7) is 4.05. The number of hydrogen-bond acceptors (Lipinski definition) is 5. The number of benzene rings is 1. The van der Waals surface area contributed by atoms with Crippen molar-refractivity contribution in [2.24, 2.45) is 17.6 Å².